The molecule has 2 aromatic carbocycles. The molecule has 0 spiro atoms. The third-order valence-corrected chi connectivity index (χ3v) is 6.18. The molecule has 0 bridgehead atoms. The fraction of sp³-hybridized carbons (Fsp3) is 0.429. The molecule has 1 saturated heterocycles. The number of hydrogen-bond acceptors (Lipinski definition) is 4. The predicted octanol–water partition coefficient (Wildman–Crippen LogP) is 5.28. The minimum atomic E-state index is -0.00860. The number of nitrogens with one attached hydrogen (secondary N) is 1. The van der Waals surface area contributed by atoms with E-state index in [4.69, 9.17) is 0 Å². The van der Waals surface area contributed by atoms with Crippen molar-refractivity contribution in [3.05, 3.63) is 65.9 Å². The van der Waals surface area contributed by atoms with Crippen LogP contribution in [0.4, 0.5) is 11.4 Å². The van der Waals surface area contributed by atoms with Crippen LogP contribution in [0.3, 0.4) is 0 Å². The standard InChI is InChI=1S/C28H36N4O/c1-21-11-12-24-25(29-21)9-6-10-26(24)32-17-15-31(16-18-32)14-13-22-7-5-8-23(19-22)30-27(33)20-28(2,3)4/h5-12,19H,13-18,20H2,1-4H3,(H,30,33). The molecule has 1 aliphatic rings. The van der Waals surface area contributed by atoms with Crippen molar-refractivity contribution < 1.29 is 4.79 Å². The summed E-state index contributed by atoms with van der Waals surface area (Å²) in [4.78, 5) is 22.0. The Kier molecular flexibility index (Phi) is 6.99. The van der Waals surface area contributed by atoms with E-state index in [1.54, 1.807) is 0 Å². The van der Waals surface area contributed by atoms with Gasteiger partial charge in [-0.1, -0.05) is 39.0 Å². The Bertz CT molecular complexity index is 1110. The van der Waals surface area contributed by atoms with Crippen LogP contribution in [0.25, 0.3) is 10.9 Å². The van der Waals surface area contributed by atoms with Crippen LogP contribution in [-0.4, -0.2) is 48.5 Å². The molecule has 1 fully saturated rings. The number of carbonyl (C=O) groups excluding carboxylic acids is 1. The van der Waals surface area contributed by atoms with Crippen molar-refractivity contribution in [1.82, 2.24) is 9.88 Å². The summed E-state index contributed by atoms with van der Waals surface area (Å²) in [6.45, 7) is 13.5. The minimum Gasteiger partial charge on any atom is -0.368 e. The quantitative estimate of drug-likeness (QED) is 0.562. The summed E-state index contributed by atoms with van der Waals surface area (Å²) in [6.07, 6.45) is 1.51. The molecular weight excluding hydrogens is 408 g/mol. The molecule has 1 N–H and O–H groups in total. The second-order valence-corrected chi connectivity index (χ2v) is 10.4. The van der Waals surface area contributed by atoms with Crippen molar-refractivity contribution in [2.24, 2.45) is 5.41 Å². The van der Waals surface area contributed by atoms with Crippen LogP contribution in [-0.2, 0) is 11.2 Å². The summed E-state index contributed by atoms with van der Waals surface area (Å²) >= 11 is 0. The van der Waals surface area contributed by atoms with Gasteiger partial charge in [0, 0.05) is 61.6 Å². The Hall–Kier alpha value is -2.92. The van der Waals surface area contributed by atoms with E-state index < -0.39 is 0 Å². The highest BCUT2D eigenvalue weighted by Gasteiger charge is 2.19. The van der Waals surface area contributed by atoms with E-state index in [-0.39, 0.29) is 11.3 Å². The normalized spacial score (nSPS) is 15.1. The summed E-state index contributed by atoms with van der Waals surface area (Å²) in [7, 11) is 0. The number of rotatable bonds is 6. The van der Waals surface area contributed by atoms with Crippen molar-refractivity contribution in [3.8, 4) is 0 Å². The van der Waals surface area contributed by atoms with E-state index in [2.05, 4.69) is 83.3 Å². The van der Waals surface area contributed by atoms with Crippen molar-refractivity contribution in [2.45, 2.75) is 40.5 Å². The monoisotopic (exact) mass is 444 g/mol. The summed E-state index contributed by atoms with van der Waals surface area (Å²) < 4.78 is 0. The molecule has 174 valence electrons. The Morgan fingerprint density at radius 2 is 1.76 bits per heavy atom. The Morgan fingerprint density at radius 1 is 1.00 bits per heavy atom. The van der Waals surface area contributed by atoms with E-state index in [0.29, 0.717) is 6.42 Å². The Balaban J connectivity index is 1.30. The van der Waals surface area contributed by atoms with E-state index in [0.717, 1.165) is 56.0 Å². The molecule has 0 aliphatic carbocycles. The van der Waals surface area contributed by atoms with Gasteiger partial charge in [0.25, 0.3) is 0 Å². The molecule has 1 amide bonds. The Labute approximate surface area is 197 Å². The predicted molar refractivity (Wildman–Crippen MR) is 138 cm³/mol. The molecule has 33 heavy (non-hydrogen) atoms. The maximum absolute atomic E-state index is 12.3. The highest BCUT2D eigenvalue weighted by Crippen LogP contribution is 2.27. The number of fused-ring (bicyclic) bond motifs is 1. The molecule has 0 atom stereocenters. The Morgan fingerprint density at radius 3 is 2.52 bits per heavy atom. The third-order valence-electron chi connectivity index (χ3n) is 6.18. The van der Waals surface area contributed by atoms with Crippen LogP contribution in [0.1, 0.15) is 38.4 Å². The average molecular weight is 445 g/mol. The van der Waals surface area contributed by atoms with Crippen LogP contribution in [0.15, 0.2) is 54.6 Å². The van der Waals surface area contributed by atoms with Gasteiger partial charge >= 0.3 is 0 Å². The molecule has 4 rings (SSSR count). The maximum atomic E-state index is 12.3. The molecule has 5 nitrogen and oxygen atoms in total. The van der Waals surface area contributed by atoms with Crippen molar-refractivity contribution in [1.29, 1.82) is 0 Å². The van der Waals surface area contributed by atoms with Gasteiger partial charge in [0.1, 0.15) is 0 Å². The molecule has 1 aliphatic heterocycles. The van der Waals surface area contributed by atoms with E-state index in [1.165, 1.54) is 16.6 Å². The second kappa shape index (κ2) is 9.92. The molecule has 3 aromatic rings. The summed E-state index contributed by atoms with van der Waals surface area (Å²) in [5.41, 5.74) is 5.57. The number of aryl methyl sites for hydroxylation is 1. The van der Waals surface area contributed by atoms with E-state index >= 15 is 0 Å². The number of aromatic nitrogens is 1. The number of amides is 1. The number of anilines is 2. The summed E-state index contributed by atoms with van der Waals surface area (Å²) in [5, 5.41) is 4.29. The van der Waals surface area contributed by atoms with Crippen LogP contribution in [0, 0.1) is 12.3 Å². The third kappa shape index (κ3) is 6.32. The number of carbonyl (C=O) groups is 1. The molecule has 1 aromatic heterocycles. The number of piperazine rings is 1. The highest BCUT2D eigenvalue weighted by atomic mass is 16.1. The SMILES string of the molecule is Cc1ccc2c(N3CCN(CCc4cccc(NC(=O)CC(C)(C)C)c4)CC3)cccc2n1. The molecule has 5 heteroatoms. The fourth-order valence-electron chi connectivity index (χ4n) is 4.51. The van der Waals surface area contributed by atoms with Crippen molar-refractivity contribution in [3.63, 3.8) is 0 Å². The zero-order valence-electron chi connectivity index (χ0n) is 20.4. The molecule has 0 saturated carbocycles. The summed E-state index contributed by atoms with van der Waals surface area (Å²) in [6, 6.07) is 19.0. The number of benzene rings is 2. The maximum Gasteiger partial charge on any atom is 0.224 e. The molecule has 2 heterocycles. The zero-order valence-corrected chi connectivity index (χ0v) is 20.4. The minimum absolute atomic E-state index is 0.00860. The lowest BCUT2D eigenvalue weighted by Gasteiger charge is -2.36. The highest BCUT2D eigenvalue weighted by molar-refractivity contribution is 5.92. The first-order valence-corrected chi connectivity index (χ1v) is 12.0. The molecular formula is C28H36N4O. The topological polar surface area (TPSA) is 48.5 Å². The first-order chi connectivity index (χ1) is 15.8. The smallest absolute Gasteiger partial charge is 0.224 e. The number of pyridine rings is 1. The van der Waals surface area contributed by atoms with Gasteiger partial charge in [0.15, 0.2) is 0 Å². The van der Waals surface area contributed by atoms with Crippen LogP contribution in [0.5, 0.6) is 0 Å². The lowest BCUT2D eigenvalue weighted by atomic mass is 9.92. The van der Waals surface area contributed by atoms with Gasteiger partial charge in [-0.25, -0.2) is 0 Å². The molecule has 0 unspecified atom stereocenters. The van der Waals surface area contributed by atoms with Crippen LogP contribution in [0.2, 0.25) is 0 Å². The lowest BCUT2D eigenvalue weighted by Crippen LogP contribution is -2.47. The number of hydrogen-bond donors (Lipinski definition) is 1. The van der Waals surface area contributed by atoms with Crippen LogP contribution < -0.4 is 10.2 Å². The zero-order chi connectivity index (χ0) is 23.4. The van der Waals surface area contributed by atoms with Gasteiger partial charge in [-0.2, -0.15) is 0 Å². The van der Waals surface area contributed by atoms with Crippen molar-refractivity contribution in [2.75, 3.05) is 42.9 Å². The van der Waals surface area contributed by atoms with Crippen LogP contribution >= 0.6 is 0 Å². The second-order valence-electron chi connectivity index (χ2n) is 10.4. The first kappa shape index (κ1) is 23.2. The van der Waals surface area contributed by atoms with Gasteiger partial charge < -0.3 is 10.2 Å². The fourth-order valence-corrected chi connectivity index (χ4v) is 4.51. The largest absolute Gasteiger partial charge is 0.368 e. The molecule has 0 radical (unpaired) electrons. The number of nitrogens with zero attached hydrogens (tertiary/aromatic N) is 3. The van der Waals surface area contributed by atoms with E-state index in [9.17, 15) is 4.79 Å². The lowest BCUT2D eigenvalue weighted by molar-refractivity contribution is -0.117. The van der Waals surface area contributed by atoms with Gasteiger partial charge in [0.2, 0.25) is 5.91 Å². The first-order valence-electron chi connectivity index (χ1n) is 12.0. The van der Waals surface area contributed by atoms with Gasteiger partial charge in [-0.05, 0) is 60.7 Å². The average Bonchev–Trinajstić information content (AvgIpc) is 2.76. The van der Waals surface area contributed by atoms with Gasteiger partial charge in [0.05, 0.1) is 5.52 Å². The van der Waals surface area contributed by atoms with Crippen molar-refractivity contribution >= 4 is 28.2 Å². The summed E-state index contributed by atoms with van der Waals surface area (Å²) in [5.74, 6) is 0.0783. The van der Waals surface area contributed by atoms with Gasteiger partial charge in [-0.3, -0.25) is 14.7 Å². The van der Waals surface area contributed by atoms with E-state index in [1.807, 2.05) is 19.1 Å². The van der Waals surface area contributed by atoms with Gasteiger partial charge in [-0.15, -0.1) is 0 Å².